The molecule has 1 rings (SSSR count). The van der Waals surface area contributed by atoms with Crippen LogP contribution in [0.15, 0.2) is 24.3 Å². The van der Waals surface area contributed by atoms with Gasteiger partial charge >= 0.3 is 18.9 Å². The molecule has 0 saturated heterocycles. The fourth-order valence-electron chi connectivity index (χ4n) is 1.13. The first-order chi connectivity index (χ1) is 5.38. The van der Waals surface area contributed by atoms with Crippen molar-refractivity contribution >= 4 is 10.1 Å². The van der Waals surface area contributed by atoms with Gasteiger partial charge in [-0.05, 0) is 12.8 Å². The molecular formula is C8H11LiO3S. The molecule has 0 aromatic rings. The SMILES string of the molecule is CC1C=CC=CC1(C)S(=O)(=O)[O-].[Li+]. The predicted octanol–water partition coefficient (Wildman–Crippen LogP) is -1.94. The molecular weight excluding hydrogens is 183 g/mol. The zero-order valence-electron chi connectivity index (χ0n) is 8.02. The van der Waals surface area contributed by atoms with Crippen molar-refractivity contribution in [2.75, 3.05) is 0 Å². The summed E-state index contributed by atoms with van der Waals surface area (Å²) in [6.07, 6.45) is 6.50. The number of hydrogen-bond acceptors (Lipinski definition) is 3. The molecule has 0 radical (unpaired) electrons. The Morgan fingerprint density at radius 3 is 2.23 bits per heavy atom. The second-order valence-electron chi connectivity index (χ2n) is 3.17. The van der Waals surface area contributed by atoms with Crippen LogP contribution in [-0.4, -0.2) is 17.7 Å². The van der Waals surface area contributed by atoms with Gasteiger partial charge in [-0.3, -0.25) is 0 Å². The zero-order valence-corrected chi connectivity index (χ0v) is 8.84. The average molecular weight is 194 g/mol. The monoisotopic (exact) mass is 194 g/mol. The van der Waals surface area contributed by atoms with Crippen molar-refractivity contribution in [2.45, 2.75) is 18.6 Å². The summed E-state index contributed by atoms with van der Waals surface area (Å²) in [5, 5.41) is 0. The molecule has 0 heterocycles. The minimum atomic E-state index is -4.26. The van der Waals surface area contributed by atoms with E-state index in [1.54, 1.807) is 25.2 Å². The third kappa shape index (κ3) is 2.26. The smallest absolute Gasteiger partial charge is 0.747 e. The molecule has 1 aliphatic carbocycles. The van der Waals surface area contributed by atoms with E-state index < -0.39 is 14.9 Å². The van der Waals surface area contributed by atoms with Crippen molar-refractivity contribution in [3.8, 4) is 0 Å². The summed E-state index contributed by atoms with van der Waals surface area (Å²) in [5.74, 6) is -0.259. The molecule has 13 heavy (non-hydrogen) atoms. The van der Waals surface area contributed by atoms with Gasteiger partial charge in [-0.2, -0.15) is 0 Å². The van der Waals surface area contributed by atoms with Crippen LogP contribution >= 0.6 is 0 Å². The summed E-state index contributed by atoms with van der Waals surface area (Å²) < 4.78 is 31.4. The Labute approximate surface area is 90.8 Å². The van der Waals surface area contributed by atoms with Gasteiger partial charge in [-0.15, -0.1) is 0 Å². The summed E-state index contributed by atoms with van der Waals surface area (Å²) in [7, 11) is -4.26. The Morgan fingerprint density at radius 2 is 1.92 bits per heavy atom. The minimum Gasteiger partial charge on any atom is -0.747 e. The van der Waals surface area contributed by atoms with Gasteiger partial charge in [0.2, 0.25) is 0 Å². The largest absolute Gasteiger partial charge is 1.00 e. The predicted molar refractivity (Wildman–Crippen MR) is 45.5 cm³/mol. The van der Waals surface area contributed by atoms with Crippen molar-refractivity contribution < 1.29 is 31.8 Å². The summed E-state index contributed by atoms with van der Waals surface area (Å²) in [5.41, 5.74) is 0. The van der Waals surface area contributed by atoms with E-state index >= 15 is 0 Å². The first-order valence-corrected chi connectivity index (χ1v) is 5.10. The van der Waals surface area contributed by atoms with E-state index in [-0.39, 0.29) is 24.8 Å². The average Bonchev–Trinajstić information content (AvgIpc) is 1.93. The van der Waals surface area contributed by atoms with Crippen molar-refractivity contribution in [3.05, 3.63) is 24.3 Å². The van der Waals surface area contributed by atoms with Crippen LogP contribution < -0.4 is 18.9 Å². The molecule has 0 spiro atoms. The third-order valence-electron chi connectivity index (χ3n) is 2.38. The van der Waals surface area contributed by atoms with Crippen molar-refractivity contribution in [3.63, 3.8) is 0 Å². The van der Waals surface area contributed by atoms with Crippen LogP contribution in [0.2, 0.25) is 0 Å². The molecule has 0 saturated carbocycles. The molecule has 5 heteroatoms. The molecule has 1 aliphatic rings. The molecule has 0 aromatic carbocycles. The summed E-state index contributed by atoms with van der Waals surface area (Å²) >= 11 is 0. The van der Waals surface area contributed by atoms with E-state index in [1.807, 2.05) is 0 Å². The Morgan fingerprint density at radius 1 is 1.38 bits per heavy atom. The Balaban J connectivity index is 0.00000144. The Kier molecular flexibility index (Phi) is 4.01. The summed E-state index contributed by atoms with van der Waals surface area (Å²) in [6, 6.07) is 0. The topological polar surface area (TPSA) is 57.2 Å². The van der Waals surface area contributed by atoms with Gasteiger partial charge in [0.15, 0.2) is 0 Å². The molecule has 0 fully saturated rings. The fraction of sp³-hybridized carbons (Fsp3) is 0.500. The van der Waals surface area contributed by atoms with Crippen LogP contribution in [0.5, 0.6) is 0 Å². The molecule has 2 unspecified atom stereocenters. The van der Waals surface area contributed by atoms with Gasteiger partial charge in [0.1, 0.15) is 10.1 Å². The van der Waals surface area contributed by atoms with Gasteiger partial charge < -0.3 is 4.55 Å². The van der Waals surface area contributed by atoms with E-state index in [1.165, 1.54) is 13.0 Å². The van der Waals surface area contributed by atoms with E-state index in [9.17, 15) is 13.0 Å². The molecule has 3 nitrogen and oxygen atoms in total. The molecule has 0 aliphatic heterocycles. The molecule has 0 bridgehead atoms. The zero-order chi connectivity index (χ0) is 9.41. The van der Waals surface area contributed by atoms with Crippen LogP contribution in [0.3, 0.4) is 0 Å². The Bertz CT molecular complexity index is 331. The van der Waals surface area contributed by atoms with Crippen LogP contribution in [0, 0.1) is 5.92 Å². The Hall–Kier alpha value is -0.0126. The van der Waals surface area contributed by atoms with Crippen molar-refractivity contribution in [1.82, 2.24) is 0 Å². The first-order valence-electron chi connectivity index (χ1n) is 3.69. The molecule has 68 valence electrons. The second kappa shape index (κ2) is 4.01. The molecule has 2 atom stereocenters. The van der Waals surface area contributed by atoms with E-state index in [0.29, 0.717) is 0 Å². The van der Waals surface area contributed by atoms with Gasteiger partial charge in [0, 0.05) is 0 Å². The fourth-order valence-corrected chi connectivity index (χ4v) is 1.91. The minimum absolute atomic E-state index is 0. The molecule has 0 amide bonds. The maximum Gasteiger partial charge on any atom is 1.00 e. The van der Waals surface area contributed by atoms with E-state index in [2.05, 4.69) is 0 Å². The van der Waals surface area contributed by atoms with Crippen LogP contribution in [0.1, 0.15) is 13.8 Å². The number of allylic oxidation sites excluding steroid dienone is 3. The van der Waals surface area contributed by atoms with Crippen LogP contribution in [0.25, 0.3) is 0 Å². The van der Waals surface area contributed by atoms with Crippen LogP contribution in [-0.2, 0) is 10.1 Å². The summed E-state index contributed by atoms with van der Waals surface area (Å²) in [4.78, 5) is 0. The quantitative estimate of drug-likeness (QED) is 0.360. The van der Waals surface area contributed by atoms with Gasteiger partial charge in [-0.1, -0.05) is 31.2 Å². The van der Waals surface area contributed by atoms with Crippen molar-refractivity contribution in [1.29, 1.82) is 0 Å². The maximum absolute atomic E-state index is 10.9. The standard InChI is InChI=1S/C8H12O3S.Li/c1-7-5-3-4-6-8(7,2)12(9,10)11;/h3-7H,1-2H3,(H,9,10,11);/q;+1/p-1. The van der Waals surface area contributed by atoms with Gasteiger partial charge in [0.05, 0.1) is 4.75 Å². The number of rotatable bonds is 1. The van der Waals surface area contributed by atoms with Crippen molar-refractivity contribution in [2.24, 2.45) is 5.92 Å². The van der Waals surface area contributed by atoms with Gasteiger partial charge in [0.25, 0.3) is 0 Å². The first kappa shape index (κ1) is 13.0. The van der Waals surface area contributed by atoms with E-state index in [0.717, 1.165) is 0 Å². The normalized spacial score (nSPS) is 32.7. The summed E-state index contributed by atoms with van der Waals surface area (Å²) in [6.45, 7) is 3.16. The van der Waals surface area contributed by atoms with Crippen LogP contribution in [0.4, 0.5) is 0 Å². The number of hydrogen-bond donors (Lipinski definition) is 0. The maximum atomic E-state index is 10.9. The van der Waals surface area contributed by atoms with Gasteiger partial charge in [-0.25, -0.2) is 8.42 Å². The third-order valence-corrected chi connectivity index (χ3v) is 3.97. The molecule has 0 N–H and O–H groups in total. The van der Waals surface area contributed by atoms with E-state index in [4.69, 9.17) is 0 Å². The second-order valence-corrected chi connectivity index (χ2v) is 4.96. The molecule has 0 aromatic heterocycles.